The number of unbranched alkanes of at least 4 members (excludes halogenated alkanes) is 2. The highest BCUT2D eigenvalue weighted by atomic mass is 35.5. The quantitative estimate of drug-likeness (QED) is 0.731. The Balaban J connectivity index is 2.32. The zero-order valence-corrected chi connectivity index (χ0v) is 9.68. The van der Waals surface area contributed by atoms with E-state index in [1.54, 1.807) is 18.2 Å². The van der Waals surface area contributed by atoms with E-state index >= 15 is 0 Å². The molecule has 0 aliphatic carbocycles. The second kappa shape index (κ2) is 6.55. The van der Waals surface area contributed by atoms with Crippen molar-refractivity contribution in [3.8, 4) is 11.8 Å². The van der Waals surface area contributed by atoms with Crippen molar-refractivity contribution in [2.75, 3.05) is 6.61 Å². The third-order valence-electron chi connectivity index (χ3n) is 1.84. The van der Waals surface area contributed by atoms with Gasteiger partial charge in [-0.05, 0) is 25.0 Å². The summed E-state index contributed by atoms with van der Waals surface area (Å²) < 4.78 is 5.44. The number of benzene rings is 1. The first-order chi connectivity index (χ1) is 7.24. The van der Waals surface area contributed by atoms with Crippen LogP contribution in [0, 0.1) is 11.3 Å². The van der Waals surface area contributed by atoms with Crippen LogP contribution in [0.2, 0.25) is 10.0 Å². The number of ether oxygens (including phenoxy) is 1. The van der Waals surface area contributed by atoms with Crippen molar-refractivity contribution in [2.45, 2.75) is 19.3 Å². The number of hydrogen-bond acceptors (Lipinski definition) is 2. The maximum absolute atomic E-state index is 8.33. The normalized spacial score (nSPS) is 9.67. The Morgan fingerprint density at radius 3 is 2.67 bits per heavy atom. The average Bonchev–Trinajstić information content (AvgIpc) is 2.23. The highest BCUT2D eigenvalue weighted by Gasteiger charge is 1.99. The summed E-state index contributed by atoms with van der Waals surface area (Å²) in [6.45, 7) is 0.597. The molecule has 0 radical (unpaired) electrons. The third kappa shape index (κ3) is 4.42. The average molecular weight is 244 g/mol. The van der Waals surface area contributed by atoms with Crippen molar-refractivity contribution in [3.63, 3.8) is 0 Å². The zero-order valence-electron chi connectivity index (χ0n) is 8.17. The van der Waals surface area contributed by atoms with Crippen LogP contribution in [0.3, 0.4) is 0 Å². The molecular formula is C11H11Cl2NO. The first kappa shape index (κ1) is 12.2. The highest BCUT2D eigenvalue weighted by Crippen LogP contribution is 2.26. The number of halogens is 2. The Morgan fingerprint density at radius 2 is 2.00 bits per heavy atom. The van der Waals surface area contributed by atoms with Crippen LogP contribution >= 0.6 is 23.2 Å². The van der Waals surface area contributed by atoms with Crippen LogP contribution in [0.5, 0.6) is 5.75 Å². The maximum atomic E-state index is 8.33. The lowest BCUT2D eigenvalue weighted by molar-refractivity contribution is 0.307. The molecule has 80 valence electrons. The van der Waals surface area contributed by atoms with E-state index in [0.29, 0.717) is 28.8 Å². The molecule has 4 heteroatoms. The Morgan fingerprint density at radius 1 is 1.20 bits per heavy atom. The monoisotopic (exact) mass is 243 g/mol. The number of hydrogen-bond donors (Lipinski definition) is 0. The Kier molecular flexibility index (Phi) is 5.31. The standard InChI is InChI=1S/C11H11Cl2NO/c12-10-5-4-9(8-11(10)13)15-7-3-1-2-6-14/h4-5,8H,1-3,7H2. The van der Waals surface area contributed by atoms with Crippen molar-refractivity contribution < 1.29 is 4.74 Å². The van der Waals surface area contributed by atoms with Gasteiger partial charge in [-0.2, -0.15) is 5.26 Å². The topological polar surface area (TPSA) is 33.0 Å². The zero-order chi connectivity index (χ0) is 11.1. The van der Waals surface area contributed by atoms with Crippen LogP contribution < -0.4 is 4.74 Å². The van der Waals surface area contributed by atoms with Gasteiger partial charge >= 0.3 is 0 Å². The van der Waals surface area contributed by atoms with Crippen molar-refractivity contribution in [2.24, 2.45) is 0 Å². The van der Waals surface area contributed by atoms with E-state index in [-0.39, 0.29) is 0 Å². The summed E-state index contributed by atoms with van der Waals surface area (Å²) in [6.07, 6.45) is 2.30. The molecule has 0 unspecified atom stereocenters. The van der Waals surface area contributed by atoms with Gasteiger partial charge in [-0.1, -0.05) is 23.2 Å². The fraction of sp³-hybridized carbons (Fsp3) is 0.364. The minimum absolute atomic E-state index is 0.492. The van der Waals surface area contributed by atoms with Gasteiger partial charge in [0.15, 0.2) is 0 Å². The molecule has 0 aliphatic heterocycles. The molecule has 2 nitrogen and oxygen atoms in total. The summed E-state index contributed by atoms with van der Waals surface area (Å²) >= 11 is 11.6. The van der Waals surface area contributed by atoms with E-state index in [1.165, 1.54) is 0 Å². The van der Waals surface area contributed by atoms with Crippen molar-refractivity contribution in [1.29, 1.82) is 5.26 Å². The van der Waals surface area contributed by atoms with Gasteiger partial charge in [-0.15, -0.1) is 0 Å². The Labute approximate surface area is 99.4 Å². The molecule has 0 aromatic heterocycles. The molecule has 0 saturated heterocycles. The Hall–Kier alpha value is -0.910. The predicted molar refractivity (Wildman–Crippen MR) is 61.4 cm³/mol. The third-order valence-corrected chi connectivity index (χ3v) is 2.58. The van der Waals surface area contributed by atoms with Gasteiger partial charge in [0.05, 0.1) is 22.7 Å². The molecule has 0 bridgehead atoms. The van der Waals surface area contributed by atoms with Crippen LogP contribution in [0.1, 0.15) is 19.3 Å². The second-order valence-electron chi connectivity index (χ2n) is 3.04. The van der Waals surface area contributed by atoms with E-state index in [0.717, 1.165) is 12.8 Å². The molecule has 0 N–H and O–H groups in total. The van der Waals surface area contributed by atoms with Crippen LogP contribution in [-0.2, 0) is 0 Å². The predicted octanol–water partition coefficient (Wildman–Crippen LogP) is 4.07. The maximum Gasteiger partial charge on any atom is 0.120 e. The molecule has 0 aliphatic rings. The summed E-state index contributed by atoms with van der Waals surface area (Å²) in [5.74, 6) is 0.710. The fourth-order valence-corrected chi connectivity index (χ4v) is 1.35. The lowest BCUT2D eigenvalue weighted by Crippen LogP contribution is -1.96. The van der Waals surface area contributed by atoms with Gasteiger partial charge in [-0.25, -0.2) is 0 Å². The van der Waals surface area contributed by atoms with Gasteiger partial charge in [0.1, 0.15) is 5.75 Å². The first-order valence-electron chi connectivity index (χ1n) is 4.69. The summed E-state index contributed by atoms with van der Waals surface area (Å²) in [5, 5.41) is 9.34. The molecule has 0 amide bonds. The molecule has 1 aromatic carbocycles. The first-order valence-corrected chi connectivity index (χ1v) is 5.44. The largest absolute Gasteiger partial charge is 0.494 e. The van der Waals surface area contributed by atoms with Crippen molar-refractivity contribution in [1.82, 2.24) is 0 Å². The lowest BCUT2D eigenvalue weighted by Gasteiger charge is -2.05. The Bertz CT molecular complexity index is 360. The van der Waals surface area contributed by atoms with E-state index in [1.807, 2.05) is 0 Å². The molecule has 0 atom stereocenters. The molecule has 0 saturated carbocycles. The molecule has 0 heterocycles. The number of nitrogens with zero attached hydrogens (tertiary/aromatic N) is 1. The number of nitriles is 1. The summed E-state index contributed by atoms with van der Waals surface area (Å²) in [7, 11) is 0. The summed E-state index contributed by atoms with van der Waals surface area (Å²) in [5.41, 5.74) is 0. The van der Waals surface area contributed by atoms with E-state index in [2.05, 4.69) is 6.07 Å². The summed E-state index contributed by atoms with van der Waals surface area (Å²) in [4.78, 5) is 0. The SMILES string of the molecule is N#CCCCCOc1ccc(Cl)c(Cl)c1. The molecular weight excluding hydrogens is 233 g/mol. The lowest BCUT2D eigenvalue weighted by atomic mass is 10.2. The van der Waals surface area contributed by atoms with Crippen molar-refractivity contribution in [3.05, 3.63) is 28.2 Å². The second-order valence-corrected chi connectivity index (χ2v) is 3.85. The number of rotatable bonds is 5. The van der Waals surface area contributed by atoms with Gasteiger partial charge in [0.25, 0.3) is 0 Å². The minimum Gasteiger partial charge on any atom is -0.494 e. The van der Waals surface area contributed by atoms with E-state index < -0.39 is 0 Å². The van der Waals surface area contributed by atoms with Crippen LogP contribution in [0.15, 0.2) is 18.2 Å². The van der Waals surface area contributed by atoms with Gasteiger partial charge in [-0.3, -0.25) is 0 Å². The van der Waals surface area contributed by atoms with Gasteiger partial charge in [0, 0.05) is 12.5 Å². The smallest absolute Gasteiger partial charge is 0.120 e. The van der Waals surface area contributed by atoms with Crippen LogP contribution in [0.25, 0.3) is 0 Å². The van der Waals surface area contributed by atoms with E-state index in [4.69, 9.17) is 33.2 Å². The molecule has 1 aromatic rings. The molecule has 15 heavy (non-hydrogen) atoms. The summed E-state index contributed by atoms with van der Waals surface area (Å²) in [6, 6.07) is 7.26. The van der Waals surface area contributed by atoms with E-state index in [9.17, 15) is 0 Å². The molecule has 0 fully saturated rings. The molecule has 0 spiro atoms. The van der Waals surface area contributed by atoms with Gasteiger partial charge < -0.3 is 4.74 Å². The minimum atomic E-state index is 0.492. The van der Waals surface area contributed by atoms with Gasteiger partial charge in [0.2, 0.25) is 0 Å². The van der Waals surface area contributed by atoms with Crippen LogP contribution in [-0.4, -0.2) is 6.61 Å². The molecule has 1 rings (SSSR count). The van der Waals surface area contributed by atoms with Crippen molar-refractivity contribution >= 4 is 23.2 Å². The highest BCUT2D eigenvalue weighted by molar-refractivity contribution is 6.42. The van der Waals surface area contributed by atoms with Crippen LogP contribution in [0.4, 0.5) is 0 Å². The fourth-order valence-electron chi connectivity index (χ4n) is 1.06.